The fraction of sp³-hybridized carbons (Fsp3) is 0.200. The topological polar surface area (TPSA) is 102 Å². The average molecular weight is 308 g/mol. The van der Waals surface area contributed by atoms with E-state index in [1.165, 1.54) is 0 Å². The monoisotopic (exact) mass is 308 g/mol. The standard InChI is InChI=1S/C15H12N6O2/c1-3-11-10(5-9(1)15-18-20-21-19-15)14(17-16-11)8-2-4-12-13(6-8)23-7-22-12/h1-5,13H,6-7H2,(H,16,17)(H,18,19,20,21). The Bertz CT molecular complexity index is 940. The first kappa shape index (κ1) is 12.5. The molecule has 1 atom stereocenters. The van der Waals surface area contributed by atoms with Crippen molar-refractivity contribution in [2.45, 2.75) is 12.5 Å². The highest BCUT2D eigenvalue weighted by Gasteiger charge is 2.28. The molecule has 0 radical (unpaired) electrons. The van der Waals surface area contributed by atoms with Crippen LogP contribution >= 0.6 is 0 Å². The van der Waals surface area contributed by atoms with Crippen LogP contribution in [0.1, 0.15) is 12.1 Å². The molecular formula is C15H12N6O2. The second-order valence-corrected chi connectivity index (χ2v) is 5.45. The molecule has 1 aliphatic carbocycles. The summed E-state index contributed by atoms with van der Waals surface area (Å²) in [6, 6.07) is 5.93. The number of hydrogen-bond donors (Lipinski definition) is 2. The van der Waals surface area contributed by atoms with E-state index in [2.05, 4.69) is 30.8 Å². The van der Waals surface area contributed by atoms with Crippen molar-refractivity contribution in [1.82, 2.24) is 30.8 Å². The van der Waals surface area contributed by atoms with E-state index in [0.717, 1.165) is 39.9 Å². The highest BCUT2D eigenvalue weighted by Crippen LogP contribution is 2.35. The molecule has 2 N–H and O–H groups in total. The molecule has 5 rings (SSSR count). The van der Waals surface area contributed by atoms with Crippen molar-refractivity contribution in [1.29, 1.82) is 0 Å². The third-order valence-corrected chi connectivity index (χ3v) is 4.14. The van der Waals surface area contributed by atoms with Crippen LogP contribution in [0.2, 0.25) is 0 Å². The molecule has 1 aliphatic heterocycles. The Kier molecular flexibility index (Phi) is 2.59. The maximum Gasteiger partial charge on any atom is 0.204 e. The van der Waals surface area contributed by atoms with Gasteiger partial charge < -0.3 is 9.47 Å². The summed E-state index contributed by atoms with van der Waals surface area (Å²) in [7, 11) is 0. The summed E-state index contributed by atoms with van der Waals surface area (Å²) < 4.78 is 11.0. The van der Waals surface area contributed by atoms with Crippen LogP contribution in [0.15, 0.2) is 36.1 Å². The highest BCUT2D eigenvalue weighted by atomic mass is 16.7. The SMILES string of the molecule is C1=C(c2n[nH]c3ccc(-c4nn[nH]n4)cc23)CC2OCOC2=C1. The Morgan fingerprint density at radius 1 is 1.17 bits per heavy atom. The number of ether oxygens (including phenoxy) is 2. The number of aromatic nitrogens is 6. The van der Waals surface area contributed by atoms with E-state index in [1.807, 2.05) is 30.4 Å². The van der Waals surface area contributed by atoms with E-state index in [4.69, 9.17) is 9.47 Å². The fourth-order valence-corrected chi connectivity index (χ4v) is 2.98. The summed E-state index contributed by atoms with van der Waals surface area (Å²) in [4.78, 5) is 0. The Morgan fingerprint density at radius 2 is 2.17 bits per heavy atom. The summed E-state index contributed by atoms with van der Waals surface area (Å²) in [6.07, 6.45) is 4.73. The number of aromatic amines is 2. The van der Waals surface area contributed by atoms with Gasteiger partial charge in [0.05, 0.1) is 11.2 Å². The second kappa shape index (κ2) is 4.75. The molecule has 1 unspecified atom stereocenters. The van der Waals surface area contributed by atoms with E-state index < -0.39 is 0 Å². The van der Waals surface area contributed by atoms with Crippen molar-refractivity contribution < 1.29 is 9.47 Å². The third kappa shape index (κ3) is 1.95. The van der Waals surface area contributed by atoms with Crippen molar-refractivity contribution in [3.63, 3.8) is 0 Å². The van der Waals surface area contributed by atoms with Gasteiger partial charge in [0.15, 0.2) is 6.79 Å². The van der Waals surface area contributed by atoms with Crippen LogP contribution in [0.3, 0.4) is 0 Å². The molecular weight excluding hydrogens is 296 g/mol. The van der Waals surface area contributed by atoms with E-state index in [9.17, 15) is 0 Å². The van der Waals surface area contributed by atoms with Crippen molar-refractivity contribution in [3.8, 4) is 11.4 Å². The molecule has 2 aliphatic rings. The lowest BCUT2D eigenvalue weighted by atomic mass is 9.96. The molecule has 0 saturated carbocycles. The van der Waals surface area contributed by atoms with Gasteiger partial charge in [0.2, 0.25) is 5.82 Å². The van der Waals surface area contributed by atoms with Crippen LogP contribution < -0.4 is 0 Å². The number of nitrogens with zero attached hydrogens (tertiary/aromatic N) is 4. The summed E-state index contributed by atoms with van der Waals surface area (Å²) in [5, 5.41) is 22.7. The van der Waals surface area contributed by atoms with Crippen LogP contribution in [0.4, 0.5) is 0 Å². The van der Waals surface area contributed by atoms with E-state index in [1.54, 1.807) is 0 Å². The lowest BCUT2D eigenvalue weighted by Gasteiger charge is -2.14. The number of allylic oxidation sites excluding steroid dienone is 2. The van der Waals surface area contributed by atoms with Crippen LogP contribution in [-0.4, -0.2) is 43.7 Å². The molecule has 0 amide bonds. The maximum atomic E-state index is 5.58. The first-order valence-corrected chi connectivity index (χ1v) is 7.26. The van der Waals surface area contributed by atoms with Crippen LogP contribution in [0, 0.1) is 0 Å². The molecule has 1 aromatic carbocycles. The number of tetrazole rings is 1. The molecule has 8 heteroatoms. The summed E-state index contributed by atoms with van der Waals surface area (Å²) >= 11 is 0. The van der Waals surface area contributed by atoms with Gasteiger partial charge in [-0.05, 0) is 35.1 Å². The number of benzene rings is 1. The molecule has 2 aromatic heterocycles. The Hall–Kier alpha value is -3.00. The van der Waals surface area contributed by atoms with Gasteiger partial charge in [0.1, 0.15) is 11.9 Å². The largest absolute Gasteiger partial charge is 0.469 e. The van der Waals surface area contributed by atoms with E-state index in [-0.39, 0.29) is 6.10 Å². The lowest BCUT2D eigenvalue weighted by molar-refractivity contribution is 0.0515. The summed E-state index contributed by atoms with van der Waals surface area (Å²) in [5.74, 6) is 1.45. The molecule has 1 fully saturated rings. The normalized spacial score (nSPS) is 20.1. The molecule has 114 valence electrons. The maximum absolute atomic E-state index is 5.58. The predicted octanol–water partition coefficient (Wildman–Crippen LogP) is 1.79. The van der Waals surface area contributed by atoms with Crippen molar-refractivity contribution in [2.24, 2.45) is 0 Å². The van der Waals surface area contributed by atoms with Gasteiger partial charge in [-0.25, -0.2) is 0 Å². The van der Waals surface area contributed by atoms with Gasteiger partial charge in [-0.1, -0.05) is 6.08 Å². The second-order valence-electron chi connectivity index (χ2n) is 5.45. The fourth-order valence-electron chi connectivity index (χ4n) is 2.98. The minimum absolute atomic E-state index is 0.0119. The zero-order valence-corrected chi connectivity index (χ0v) is 12.0. The number of fused-ring (bicyclic) bond motifs is 2. The Labute approximate surface area is 130 Å². The smallest absolute Gasteiger partial charge is 0.204 e. The highest BCUT2D eigenvalue weighted by molar-refractivity contribution is 5.93. The van der Waals surface area contributed by atoms with Crippen molar-refractivity contribution >= 4 is 16.5 Å². The zero-order chi connectivity index (χ0) is 15.2. The first-order chi connectivity index (χ1) is 11.4. The minimum atomic E-state index is -0.0119. The van der Waals surface area contributed by atoms with Gasteiger partial charge in [0, 0.05) is 17.4 Å². The first-order valence-electron chi connectivity index (χ1n) is 7.26. The quantitative estimate of drug-likeness (QED) is 0.748. The lowest BCUT2D eigenvalue weighted by Crippen LogP contribution is -2.11. The summed E-state index contributed by atoms with van der Waals surface area (Å²) in [6.45, 7) is 0.320. The minimum Gasteiger partial charge on any atom is -0.469 e. The molecule has 0 bridgehead atoms. The van der Waals surface area contributed by atoms with Gasteiger partial charge >= 0.3 is 0 Å². The predicted molar refractivity (Wildman–Crippen MR) is 80.8 cm³/mol. The van der Waals surface area contributed by atoms with Crippen LogP contribution in [-0.2, 0) is 9.47 Å². The Morgan fingerprint density at radius 3 is 3.09 bits per heavy atom. The Balaban J connectivity index is 1.61. The molecule has 3 aromatic rings. The number of nitrogens with one attached hydrogen (secondary N) is 2. The molecule has 1 saturated heterocycles. The van der Waals surface area contributed by atoms with E-state index >= 15 is 0 Å². The summed E-state index contributed by atoms with van der Waals surface area (Å²) in [5.41, 5.74) is 3.88. The number of hydrogen-bond acceptors (Lipinski definition) is 6. The van der Waals surface area contributed by atoms with Crippen LogP contribution in [0.5, 0.6) is 0 Å². The average Bonchev–Trinajstić information content (AvgIpc) is 3.32. The number of H-pyrrole nitrogens is 2. The van der Waals surface area contributed by atoms with Crippen LogP contribution in [0.25, 0.3) is 27.9 Å². The van der Waals surface area contributed by atoms with Gasteiger partial charge in [-0.3, -0.25) is 5.10 Å². The molecule has 0 spiro atoms. The molecule has 23 heavy (non-hydrogen) atoms. The molecule has 3 heterocycles. The number of rotatable bonds is 2. The van der Waals surface area contributed by atoms with Gasteiger partial charge in [-0.2, -0.15) is 10.3 Å². The van der Waals surface area contributed by atoms with Gasteiger partial charge in [0.25, 0.3) is 0 Å². The van der Waals surface area contributed by atoms with Gasteiger partial charge in [-0.15, -0.1) is 10.2 Å². The molecule has 8 nitrogen and oxygen atoms in total. The van der Waals surface area contributed by atoms with Crippen molar-refractivity contribution in [3.05, 3.63) is 41.8 Å². The van der Waals surface area contributed by atoms with E-state index in [0.29, 0.717) is 12.6 Å². The third-order valence-electron chi connectivity index (χ3n) is 4.14. The van der Waals surface area contributed by atoms with Crippen molar-refractivity contribution in [2.75, 3.05) is 6.79 Å². The zero-order valence-electron chi connectivity index (χ0n) is 12.0.